The van der Waals surface area contributed by atoms with Crippen LogP contribution in [0.5, 0.6) is 0 Å². The summed E-state index contributed by atoms with van der Waals surface area (Å²) in [6.45, 7) is 11.8. The third-order valence-corrected chi connectivity index (χ3v) is 4.13. The Balaban J connectivity index is 2.11. The van der Waals surface area contributed by atoms with Crippen molar-refractivity contribution in [2.45, 2.75) is 58.2 Å². The van der Waals surface area contributed by atoms with Crippen molar-refractivity contribution in [3.8, 4) is 0 Å². The normalized spacial score (nSPS) is 59.2. The molecule has 1 heterocycles. The Morgan fingerprint density at radius 1 is 1.18 bits per heavy atom. The number of hydrogen-bond acceptors (Lipinski definition) is 1. The third kappa shape index (κ3) is 0.752. The summed E-state index contributed by atoms with van der Waals surface area (Å²) in [6, 6.07) is 0.803. The van der Waals surface area contributed by atoms with Gasteiger partial charge in [-0.05, 0) is 40.0 Å². The zero-order chi connectivity index (χ0) is 8.44. The molecule has 0 radical (unpaired) electrons. The Kier molecular flexibility index (Phi) is 1.15. The predicted octanol–water partition coefficient (Wildman–Crippen LogP) is 2.27. The largest absolute Gasteiger partial charge is 0.286 e. The van der Waals surface area contributed by atoms with E-state index in [2.05, 4.69) is 39.5 Å². The molecule has 1 aliphatic carbocycles. The average molecular weight is 153 g/mol. The maximum absolute atomic E-state index is 2.67. The summed E-state index contributed by atoms with van der Waals surface area (Å²) < 4.78 is 0. The maximum atomic E-state index is 2.67. The highest BCUT2D eigenvalue weighted by molar-refractivity contribution is 5.22. The van der Waals surface area contributed by atoms with Crippen molar-refractivity contribution >= 4 is 0 Å². The topological polar surface area (TPSA) is 3.01 Å². The van der Waals surface area contributed by atoms with Gasteiger partial charge < -0.3 is 0 Å². The standard InChI is InChI=1S/C10H19N/c1-7-6-10(7,5)11-8(2)9(11,3)4/h7-8H,6H2,1-5H3. The lowest BCUT2D eigenvalue weighted by atomic mass is 10.1. The molecular formula is C10H19N. The summed E-state index contributed by atoms with van der Waals surface area (Å²) in [5.74, 6) is 0.923. The highest BCUT2D eigenvalue weighted by Crippen LogP contribution is 2.59. The fourth-order valence-electron chi connectivity index (χ4n) is 2.68. The van der Waals surface area contributed by atoms with E-state index >= 15 is 0 Å². The van der Waals surface area contributed by atoms with Gasteiger partial charge in [-0.25, -0.2) is 0 Å². The first-order valence-electron chi connectivity index (χ1n) is 4.70. The van der Waals surface area contributed by atoms with Crippen molar-refractivity contribution in [3.05, 3.63) is 0 Å². The molecule has 0 bridgehead atoms. The lowest BCUT2D eigenvalue weighted by Crippen LogP contribution is -2.24. The predicted molar refractivity (Wildman–Crippen MR) is 47.6 cm³/mol. The molecule has 0 aromatic rings. The van der Waals surface area contributed by atoms with Gasteiger partial charge in [-0.15, -0.1) is 0 Å². The lowest BCUT2D eigenvalue weighted by molar-refractivity contribution is 0.306. The minimum Gasteiger partial charge on any atom is -0.286 e. The van der Waals surface area contributed by atoms with Gasteiger partial charge in [0.1, 0.15) is 0 Å². The van der Waals surface area contributed by atoms with Gasteiger partial charge in [0, 0.05) is 17.1 Å². The second-order valence-electron chi connectivity index (χ2n) is 5.16. The molecule has 1 nitrogen and oxygen atoms in total. The zero-order valence-electron chi connectivity index (χ0n) is 8.31. The summed E-state index contributed by atoms with van der Waals surface area (Å²) in [5, 5.41) is 0. The maximum Gasteiger partial charge on any atom is 0.0315 e. The molecule has 1 saturated heterocycles. The Morgan fingerprint density at radius 3 is 1.64 bits per heavy atom. The van der Waals surface area contributed by atoms with Crippen LogP contribution in [0.1, 0.15) is 41.0 Å². The minimum absolute atomic E-state index is 0.486. The Labute approximate surface area is 69.8 Å². The molecule has 0 aromatic carbocycles. The van der Waals surface area contributed by atoms with Crippen LogP contribution in [0.15, 0.2) is 0 Å². The van der Waals surface area contributed by atoms with Crippen LogP contribution in [-0.2, 0) is 0 Å². The fraction of sp³-hybridized carbons (Fsp3) is 1.00. The van der Waals surface area contributed by atoms with Gasteiger partial charge in [0.25, 0.3) is 0 Å². The highest BCUT2D eigenvalue weighted by atomic mass is 15.5. The van der Waals surface area contributed by atoms with E-state index in [1.165, 1.54) is 6.42 Å². The summed E-state index contributed by atoms with van der Waals surface area (Å²) in [5.41, 5.74) is 1.04. The molecule has 4 unspecified atom stereocenters. The molecule has 0 aromatic heterocycles. The lowest BCUT2D eigenvalue weighted by Gasteiger charge is -2.15. The van der Waals surface area contributed by atoms with Gasteiger partial charge in [-0.1, -0.05) is 6.92 Å². The van der Waals surface area contributed by atoms with Crippen molar-refractivity contribution in [2.75, 3.05) is 0 Å². The van der Waals surface area contributed by atoms with Gasteiger partial charge >= 0.3 is 0 Å². The SMILES string of the molecule is CC1N(C2(C)CC2C)C1(C)C. The number of nitrogens with zero attached hydrogens (tertiary/aromatic N) is 1. The Hall–Kier alpha value is -0.0400. The van der Waals surface area contributed by atoms with Crippen LogP contribution < -0.4 is 0 Å². The second kappa shape index (κ2) is 1.66. The molecule has 11 heavy (non-hydrogen) atoms. The van der Waals surface area contributed by atoms with Gasteiger partial charge in [-0.2, -0.15) is 0 Å². The molecule has 1 saturated carbocycles. The van der Waals surface area contributed by atoms with Crippen LogP contribution in [0.2, 0.25) is 0 Å². The van der Waals surface area contributed by atoms with E-state index in [0.717, 1.165) is 12.0 Å². The van der Waals surface area contributed by atoms with Crippen LogP contribution in [-0.4, -0.2) is 22.0 Å². The van der Waals surface area contributed by atoms with Crippen LogP contribution in [0, 0.1) is 5.92 Å². The van der Waals surface area contributed by atoms with Crippen molar-refractivity contribution in [3.63, 3.8) is 0 Å². The van der Waals surface area contributed by atoms with Crippen molar-refractivity contribution in [1.82, 2.24) is 4.90 Å². The minimum atomic E-state index is 0.486. The molecule has 4 atom stereocenters. The Bertz CT molecular complexity index is 197. The average Bonchev–Trinajstić information content (AvgIpc) is 2.54. The fourth-order valence-corrected chi connectivity index (χ4v) is 2.68. The van der Waals surface area contributed by atoms with Crippen LogP contribution in [0.3, 0.4) is 0 Å². The monoisotopic (exact) mass is 153 g/mol. The number of hydrogen-bond donors (Lipinski definition) is 0. The van der Waals surface area contributed by atoms with Crippen LogP contribution >= 0.6 is 0 Å². The van der Waals surface area contributed by atoms with Crippen molar-refractivity contribution in [2.24, 2.45) is 5.92 Å². The zero-order valence-corrected chi connectivity index (χ0v) is 8.31. The van der Waals surface area contributed by atoms with E-state index in [9.17, 15) is 0 Å². The van der Waals surface area contributed by atoms with Gasteiger partial charge in [-0.3, -0.25) is 4.90 Å². The number of rotatable bonds is 1. The van der Waals surface area contributed by atoms with Gasteiger partial charge in [0.05, 0.1) is 0 Å². The van der Waals surface area contributed by atoms with Crippen molar-refractivity contribution in [1.29, 1.82) is 0 Å². The van der Waals surface area contributed by atoms with Crippen LogP contribution in [0.25, 0.3) is 0 Å². The molecule has 0 spiro atoms. The van der Waals surface area contributed by atoms with Crippen LogP contribution in [0.4, 0.5) is 0 Å². The van der Waals surface area contributed by atoms with E-state index in [1.807, 2.05) is 0 Å². The van der Waals surface area contributed by atoms with Gasteiger partial charge in [0.15, 0.2) is 0 Å². The smallest absolute Gasteiger partial charge is 0.0315 e. The Morgan fingerprint density at radius 2 is 1.55 bits per heavy atom. The first-order valence-corrected chi connectivity index (χ1v) is 4.70. The highest BCUT2D eigenvalue weighted by Gasteiger charge is 2.67. The summed E-state index contributed by atoms with van der Waals surface area (Å²) in [4.78, 5) is 2.67. The molecule has 1 aliphatic heterocycles. The second-order valence-corrected chi connectivity index (χ2v) is 5.16. The van der Waals surface area contributed by atoms with E-state index < -0.39 is 0 Å². The molecule has 0 amide bonds. The van der Waals surface area contributed by atoms with E-state index in [0.29, 0.717) is 11.1 Å². The van der Waals surface area contributed by atoms with E-state index in [-0.39, 0.29) is 0 Å². The van der Waals surface area contributed by atoms with Gasteiger partial charge in [0.2, 0.25) is 0 Å². The van der Waals surface area contributed by atoms with E-state index in [1.54, 1.807) is 0 Å². The molecule has 2 rings (SSSR count). The molecule has 2 fully saturated rings. The summed E-state index contributed by atoms with van der Waals surface area (Å²) >= 11 is 0. The molecule has 0 N–H and O–H groups in total. The first-order chi connectivity index (χ1) is 4.90. The van der Waals surface area contributed by atoms with E-state index in [4.69, 9.17) is 0 Å². The molecule has 64 valence electrons. The van der Waals surface area contributed by atoms with Crippen molar-refractivity contribution < 1.29 is 0 Å². The molecule has 1 heteroatoms. The first kappa shape index (κ1) is 7.60. The molecule has 2 aliphatic rings. The summed E-state index contributed by atoms with van der Waals surface area (Å²) in [6.07, 6.45) is 1.40. The quantitative estimate of drug-likeness (QED) is 0.522. The third-order valence-electron chi connectivity index (χ3n) is 4.13. The molecular weight excluding hydrogens is 134 g/mol. The summed E-state index contributed by atoms with van der Waals surface area (Å²) in [7, 11) is 0.